The second-order valence-corrected chi connectivity index (χ2v) is 2.37. The van der Waals surface area contributed by atoms with Gasteiger partial charge in [-0.25, -0.2) is 12.2 Å². The zero-order valence-electron chi connectivity index (χ0n) is 7.33. The Balaban J connectivity index is 0.000000215. The minimum Gasteiger partial charge on any atom is -0.699 e. The van der Waals surface area contributed by atoms with E-state index >= 15 is 0 Å². The smallest absolute Gasteiger partial charge is 0.699 e. The Morgan fingerprint density at radius 3 is 2.08 bits per heavy atom. The first-order valence-electron chi connectivity index (χ1n) is 3.88. The molecule has 1 aliphatic rings. The number of rotatable bonds is 0. The first-order chi connectivity index (χ1) is 5.89. The van der Waals surface area contributed by atoms with Gasteiger partial charge in [-0.15, -0.1) is 12.1 Å². The molecule has 1 aliphatic carbocycles. The minimum absolute atomic E-state index is 0. The molecule has 0 bridgehead atoms. The van der Waals surface area contributed by atoms with Crippen molar-refractivity contribution in [1.82, 2.24) is 0 Å². The van der Waals surface area contributed by atoms with Crippen molar-refractivity contribution in [3.8, 4) is 0 Å². The number of hydrogen-bond acceptors (Lipinski definition) is 0. The van der Waals surface area contributed by atoms with Crippen LogP contribution >= 0.6 is 0 Å². The molecular weight excluding hydrogens is 194 g/mol. The van der Waals surface area contributed by atoms with Crippen molar-refractivity contribution in [3.63, 3.8) is 0 Å². The van der Waals surface area contributed by atoms with Crippen molar-refractivity contribution in [2.45, 2.75) is 6.42 Å². The second-order valence-electron chi connectivity index (χ2n) is 2.37. The van der Waals surface area contributed by atoms with Gasteiger partial charge >= 0.3 is 21.7 Å². The van der Waals surface area contributed by atoms with E-state index in [4.69, 9.17) is 5.73 Å². The van der Waals surface area contributed by atoms with Gasteiger partial charge < -0.3 is 5.73 Å². The third-order valence-electron chi connectivity index (χ3n) is 1.36. The molecule has 1 N–H and O–H groups in total. The molecule has 0 saturated heterocycles. The van der Waals surface area contributed by atoms with Crippen LogP contribution in [0.25, 0.3) is 5.73 Å². The molecule has 2 heteroatoms. The van der Waals surface area contributed by atoms with E-state index in [1.807, 2.05) is 30.4 Å². The van der Waals surface area contributed by atoms with Gasteiger partial charge in [-0.3, -0.25) is 6.08 Å². The van der Waals surface area contributed by atoms with E-state index in [0.29, 0.717) is 5.69 Å². The maximum atomic E-state index is 7.00. The maximum absolute atomic E-state index is 7.00. The minimum atomic E-state index is 0. The Kier molecular flexibility index (Phi) is 7.37. The molecule has 0 fully saturated rings. The van der Waals surface area contributed by atoms with Crippen LogP contribution < -0.4 is 0 Å². The Hall–Kier alpha value is -0.786. The summed E-state index contributed by atoms with van der Waals surface area (Å²) < 4.78 is 0. The molecule has 0 aromatic heterocycles. The van der Waals surface area contributed by atoms with Gasteiger partial charge in [0, 0.05) is 0 Å². The maximum Gasteiger partial charge on any atom is 2.00 e. The van der Waals surface area contributed by atoms with Crippen LogP contribution in [0.2, 0.25) is 0 Å². The van der Waals surface area contributed by atoms with Gasteiger partial charge in [0.15, 0.2) is 0 Å². The van der Waals surface area contributed by atoms with E-state index in [9.17, 15) is 0 Å². The monoisotopic (exact) mass is 205 g/mol. The quantitative estimate of drug-likeness (QED) is 0.455. The van der Waals surface area contributed by atoms with E-state index in [2.05, 4.69) is 12.2 Å². The summed E-state index contributed by atoms with van der Waals surface area (Å²) in [6.45, 7) is 0. The normalized spacial score (nSPS) is 11.4. The fraction of sp³-hybridized carbons (Fsp3) is 0.0909. The Morgan fingerprint density at radius 1 is 1.15 bits per heavy atom. The van der Waals surface area contributed by atoms with Gasteiger partial charge in [-0.05, 0) is 0 Å². The molecule has 1 nitrogen and oxygen atoms in total. The van der Waals surface area contributed by atoms with Crippen LogP contribution in [0.5, 0.6) is 0 Å². The average molecular weight is 205 g/mol. The van der Waals surface area contributed by atoms with E-state index in [0.717, 1.165) is 6.42 Å². The molecule has 0 aliphatic heterocycles. The first kappa shape index (κ1) is 12.2. The summed E-state index contributed by atoms with van der Waals surface area (Å²) in [5.41, 5.74) is 7.57. The largest absolute Gasteiger partial charge is 2.00 e. The SMILES string of the molecule is [C-]1=CC=CC1.[NH-]c1ccccc1.[Ti+2]. The number of nitrogens with one attached hydrogen (secondary N) is 1. The summed E-state index contributed by atoms with van der Waals surface area (Å²) in [6, 6.07) is 9.10. The summed E-state index contributed by atoms with van der Waals surface area (Å²) in [4.78, 5) is 0. The molecule has 2 rings (SSSR count). The predicted molar refractivity (Wildman–Crippen MR) is 52.0 cm³/mol. The van der Waals surface area contributed by atoms with Gasteiger partial charge in [-0.2, -0.15) is 6.08 Å². The molecular formula is C11H11NTi. The summed E-state index contributed by atoms with van der Waals surface area (Å²) in [5.74, 6) is 0. The molecule has 0 heterocycles. The topological polar surface area (TPSA) is 23.8 Å². The van der Waals surface area contributed by atoms with Crippen molar-refractivity contribution in [2.75, 3.05) is 0 Å². The van der Waals surface area contributed by atoms with E-state index in [-0.39, 0.29) is 21.7 Å². The fourth-order valence-electron chi connectivity index (χ4n) is 0.778. The van der Waals surface area contributed by atoms with Crippen LogP contribution in [-0.4, -0.2) is 0 Å². The standard InChI is InChI=1S/C6H6N.C5H5.Ti/c7-6-4-2-1-3-5-6;1-2-4-5-3-1;/h1-5,7H;1-3H,4H2;/q2*-1;+2. The third-order valence-corrected chi connectivity index (χ3v) is 1.36. The summed E-state index contributed by atoms with van der Waals surface area (Å²) in [7, 11) is 0. The van der Waals surface area contributed by atoms with Crippen molar-refractivity contribution in [2.24, 2.45) is 0 Å². The summed E-state index contributed by atoms with van der Waals surface area (Å²) in [6.07, 6.45) is 10.0. The molecule has 13 heavy (non-hydrogen) atoms. The number of allylic oxidation sites excluding steroid dienone is 4. The van der Waals surface area contributed by atoms with Crippen molar-refractivity contribution in [3.05, 3.63) is 60.4 Å². The van der Waals surface area contributed by atoms with Gasteiger partial charge in [0.2, 0.25) is 0 Å². The molecule has 0 atom stereocenters. The van der Waals surface area contributed by atoms with Crippen LogP contribution in [0.4, 0.5) is 5.69 Å². The van der Waals surface area contributed by atoms with Gasteiger partial charge in [-0.1, -0.05) is 30.3 Å². The van der Waals surface area contributed by atoms with Crippen LogP contribution in [0.1, 0.15) is 6.42 Å². The number of hydrogen-bond donors (Lipinski definition) is 0. The van der Waals surface area contributed by atoms with Crippen molar-refractivity contribution < 1.29 is 21.7 Å². The Bertz CT molecular complexity index is 255. The Morgan fingerprint density at radius 2 is 1.85 bits per heavy atom. The number of benzene rings is 1. The van der Waals surface area contributed by atoms with Crippen LogP contribution in [0, 0.1) is 6.08 Å². The van der Waals surface area contributed by atoms with Crippen molar-refractivity contribution in [1.29, 1.82) is 0 Å². The molecule has 0 unspecified atom stereocenters. The van der Waals surface area contributed by atoms with Crippen LogP contribution in [0.15, 0.2) is 48.6 Å². The first-order valence-corrected chi connectivity index (χ1v) is 3.88. The molecule has 64 valence electrons. The van der Waals surface area contributed by atoms with Gasteiger partial charge in [0.05, 0.1) is 0 Å². The Labute approximate surface area is 94.2 Å². The van der Waals surface area contributed by atoms with E-state index in [1.54, 1.807) is 12.1 Å². The van der Waals surface area contributed by atoms with Crippen LogP contribution in [-0.2, 0) is 21.7 Å². The molecule has 0 radical (unpaired) electrons. The zero-order chi connectivity index (χ0) is 8.65. The second kappa shape index (κ2) is 7.84. The average Bonchev–Trinajstić information content (AvgIpc) is 2.62. The van der Waals surface area contributed by atoms with Crippen LogP contribution in [0.3, 0.4) is 0 Å². The third kappa shape index (κ3) is 6.38. The van der Waals surface area contributed by atoms with Crippen molar-refractivity contribution >= 4 is 5.69 Å². The fourth-order valence-corrected chi connectivity index (χ4v) is 0.778. The van der Waals surface area contributed by atoms with E-state index in [1.165, 1.54) is 0 Å². The summed E-state index contributed by atoms with van der Waals surface area (Å²) in [5, 5.41) is 0. The molecule has 1 aromatic carbocycles. The summed E-state index contributed by atoms with van der Waals surface area (Å²) >= 11 is 0. The molecule has 0 amide bonds. The molecule has 0 spiro atoms. The van der Waals surface area contributed by atoms with Gasteiger partial charge in [0.1, 0.15) is 0 Å². The van der Waals surface area contributed by atoms with Gasteiger partial charge in [0.25, 0.3) is 0 Å². The molecule has 0 saturated carbocycles. The van der Waals surface area contributed by atoms with E-state index < -0.39 is 0 Å². The predicted octanol–water partition coefficient (Wildman–Crippen LogP) is 3.67. The molecule has 1 aromatic rings. The zero-order valence-corrected chi connectivity index (χ0v) is 8.89.